The average molecular weight is 415 g/mol. The van der Waals surface area contributed by atoms with Crippen molar-refractivity contribution in [3.8, 4) is 6.07 Å². The normalized spacial score (nSPS) is 22.9. The van der Waals surface area contributed by atoms with Gasteiger partial charge in [0.2, 0.25) is 0 Å². The lowest BCUT2D eigenvalue weighted by molar-refractivity contribution is 0.0963. The summed E-state index contributed by atoms with van der Waals surface area (Å²) >= 11 is 0. The van der Waals surface area contributed by atoms with Crippen LogP contribution in [-0.4, -0.2) is 45.9 Å². The van der Waals surface area contributed by atoms with Gasteiger partial charge in [-0.25, -0.2) is 4.98 Å². The molecular weight excluding hydrogens is 388 g/mol. The first-order chi connectivity index (χ1) is 15.2. The summed E-state index contributed by atoms with van der Waals surface area (Å²) in [6, 6.07) is 13.5. The van der Waals surface area contributed by atoms with Gasteiger partial charge in [-0.3, -0.25) is 9.69 Å². The molecule has 0 saturated carbocycles. The highest BCUT2D eigenvalue weighted by Crippen LogP contribution is 2.39. The van der Waals surface area contributed by atoms with Crippen LogP contribution in [0.5, 0.6) is 0 Å². The number of piperidine rings is 1. The number of carbonyl (C=O) groups excluding carboxylic acids is 1. The Morgan fingerprint density at radius 2 is 1.97 bits per heavy atom. The maximum atomic E-state index is 12.5. The second-order valence-corrected chi connectivity index (χ2v) is 8.54. The number of nitrogens with one attached hydrogen (secondary N) is 3. The van der Waals surface area contributed by atoms with E-state index in [1.54, 1.807) is 13.2 Å². The maximum absolute atomic E-state index is 12.5. The Kier molecular flexibility index (Phi) is 5.08. The topological polar surface area (TPSA) is 96.8 Å². The first-order valence-corrected chi connectivity index (χ1v) is 10.9. The molecule has 158 valence electrons. The molecule has 7 heteroatoms. The molecule has 0 radical (unpaired) electrons. The number of carbonyl (C=O) groups is 1. The molecule has 1 aromatic carbocycles. The van der Waals surface area contributed by atoms with Gasteiger partial charge in [0, 0.05) is 49.5 Å². The summed E-state index contributed by atoms with van der Waals surface area (Å²) in [5.41, 5.74) is 4.20. The Morgan fingerprint density at radius 3 is 2.65 bits per heavy atom. The Labute approximate surface area is 181 Å². The number of aromatic nitrogens is 2. The van der Waals surface area contributed by atoms with Crippen molar-refractivity contribution in [2.75, 3.05) is 12.4 Å². The minimum atomic E-state index is -0.126. The minimum Gasteiger partial charge on any atom is -0.381 e. The van der Waals surface area contributed by atoms with E-state index in [2.05, 4.69) is 43.7 Å². The fraction of sp³-hybridized carbons (Fsp3) is 0.375. The highest BCUT2D eigenvalue weighted by atomic mass is 16.1. The molecule has 7 nitrogen and oxygen atoms in total. The number of anilines is 1. The van der Waals surface area contributed by atoms with Crippen molar-refractivity contribution >= 4 is 22.6 Å². The molecule has 2 fully saturated rings. The molecule has 4 heterocycles. The van der Waals surface area contributed by atoms with Crippen molar-refractivity contribution in [1.82, 2.24) is 20.2 Å². The van der Waals surface area contributed by atoms with Crippen molar-refractivity contribution in [3.05, 3.63) is 59.4 Å². The SMILES string of the molecule is CNC(=O)c1cnc2[nH]ccc2c1NC1CC2CCC(C1)N2Cc1ccc(C#N)cc1. The van der Waals surface area contributed by atoms with Crippen LogP contribution < -0.4 is 10.6 Å². The second-order valence-electron chi connectivity index (χ2n) is 8.54. The first kappa shape index (κ1) is 19.6. The van der Waals surface area contributed by atoms with Crippen LogP contribution in [0.15, 0.2) is 42.7 Å². The number of fused-ring (bicyclic) bond motifs is 3. The third-order valence-corrected chi connectivity index (χ3v) is 6.74. The molecule has 0 spiro atoms. The highest BCUT2D eigenvalue weighted by Gasteiger charge is 2.40. The predicted molar refractivity (Wildman–Crippen MR) is 120 cm³/mol. The van der Waals surface area contributed by atoms with Crippen LogP contribution in [0.1, 0.15) is 47.2 Å². The van der Waals surface area contributed by atoms with Gasteiger partial charge < -0.3 is 15.6 Å². The summed E-state index contributed by atoms with van der Waals surface area (Å²) in [6.45, 7) is 0.925. The van der Waals surface area contributed by atoms with Crippen molar-refractivity contribution < 1.29 is 4.79 Å². The van der Waals surface area contributed by atoms with Gasteiger partial charge in [0.25, 0.3) is 5.91 Å². The molecule has 2 unspecified atom stereocenters. The van der Waals surface area contributed by atoms with Crippen molar-refractivity contribution in [3.63, 3.8) is 0 Å². The van der Waals surface area contributed by atoms with Crippen LogP contribution in [0.25, 0.3) is 11.0 Å². The lowest BCUT2D eigenvalue weighted by Gasteiger charge is -2.39. The number of H-pyrrole nitrogens is 1. The quantitative estimate of drug-likeness (QED) is 0.595. The molecule has 3 N–H and O–H groups in total. The second kappa shape index (κ2) is 8.05. The van der Waals surface area contributed by atoms with Crippen molar-refractivity contribution in [2.45, 2.75) is 50.4 Å². The number of benzene rings is 1. The van der Waals surface area contributed by atoms with E-state index < -0.39 is 0 Å². The summed E-state index contributed by atoms with van der Waals surface area (Å²) in [5.74, 6) is -0.126. The molecule has 2 saturated heterocycles. The van der Waals surface area contributed by atoms with Gasteiger partial charge in [-0.1, -0.05) is 12.1 Å². The molecule has 31 heavy (non-hydrogen) atoms. The van der Waals surface area contributed by atoms with E-state index in [0.29, 0.717) is 29.3 Å². The summed E-state index contributed by atoms with van der Waals surface area (Å²) in [7, 11) is 1.65. The summed E-state index contributed by atoms with van der Waals surface area (Å²) < 4.78 is 0. The van der Waals surface area contributed by atoms with Crippen molar-refractivity contribution in [2.24, 2.45) is 0 Å². The Balaban J connectivity index is 1.34. The van der Waals surface area contributed by atoms with Gasteiger partial charge in [0.05, 0.1) is 22.9 Å². The van der Waals surface area contributed by atoms with E-state index in [9.17, 15) is 4.79 Å². The Hall–Kier alpha value is -3.37. The third-order valence-electron chi connectivity index (χ3n) is 6.74. The molecule has 2 aliphatic rings. The van der Waals surface area contributed by atoms with Crippen LogP contribution in [0, 0.1) is 11.3 Å². The molecule has 3 aromatic rings. The molecular formula is C24H26N6O. The number of pyridine rings is 1. The molecule has 2 aromatic heterocycles. The van der Waals surface area contributed by atoms with E-state index in [4.69, 9.17) is 5.26 Å². The highest BCUT2D eigenvalue weighted by molar-refractivity contribution is 6.06. The number of hydrogen-bond acceptors (Lipinski definition) is 5. The van der Waals surface area contributed by atoms with Crippen LogP contribution in [-0.2, 0) is 6.54 Å². The van der Waals surface area contributed by atoms with E-state index in [-0.39, 0.29) is 5.91 Å². The molecule has 2 aliphatic heterocycles. The molecule has 0 aliphatic carbocycles. The summed E-state index contributed by atoms with van der Waals surface area (Å²) in [5, 5.41) is 16.4. The van der Waals surface area contributed by atoms with Gasteiger partial charge in [-0.2, -0.15) is 5.26 Å². The van der Waals surface area contributed by atoms with E-state index in [0.717, 1.165) is 36.1 Å². The van der Waals surface area contributed by atoms with Crippen LogP contribution in [0.4, 0.5) is 5.69 Å². The van der Waals surface area contributed by atoms with E-state index in [1.165, 1.54) is 18.4 Å². The summed E-state index contributed by atoms with van der Waals surface area (Å²) in [4.78, 5) is 22.6. The number of aromatic amines is 1. The lowest BCUT2D eigenvalue weighted by atomic mass is 9.95. The number of nitrogens with zero attached hydrogens (tertiary/aromatic N) is 3. The average Bonchev–Trinajstić information content (AvgIpc) is 3.36. The fourth-order valence-corrected chi connectivity index (χ4v) is 5.22. The summed E-state index contributed by atoms with van der Waals surface area (Å²) in [6.07, 6.45) is 8.02. The van der Waals surface area contributed by atoms with E-state index in [1.807, 2.05) is 24.4 Å². The smallest absolute Gasteiger partial charge is 0.254 e. The van der Waals surface area contributed by atoms with E-state index >= 15 is 0 Å². The zero-order valence-corrected chi connectivity index (χ0v) is 17.6. The monoisotopic (exact) mass is 414 g/mol. The third kappa shape index (κ3) is 3.64. The molecule has 2 atom stereocenters. The number of amides is 1. The van der Waals surface area contributed by atoms with Gasteiger partial charge in [0.1, 0.15) is 5.65 Å². The van der Waals surface area contributed by atoms with Crippen LogP contribution in [0.3, 0.4) is 0 Å². The molecule has 5 rings (SSSR count). The standard InChI is InChI=1S/C24H26N6O/c1-26-24(31)21-13-28-23-20(8-9-27-23)22(21)29-17-10-18-6-7-19(11-17)30(18)14-16-4-2-15(12-25)3-5-16/h2-5,8-9,13,17-19H,6-7,10-11,14H2,1H3,(H,26,31)(H2,27,28,29). The van der Waals surface area contributed by atoms with Gasteiger partial charge in [-0.15, -0.1) is 0 Å². The maximum Gasteiger partial charge on any atom is 0.254 e. The predicted octanol–water partition coefficient (Wildman–Crippen LogP) is 3.40. The van der Waals surface area contributed by atoms with Crippen LogP contribution in [0.2, 0.25) is 0 Å². The minimum absolute atomic E-state index is 0.126. The first-order valence-electron chi connectivity index (χ1n) is 10.9. The number of rotatable bonds is 5. The molecule has 1 amide bonds. The van der Waals surface area contributed by atoms with Gasteiger partial charge in [-0.05, 0) is 49.4 Å². The molecule has 2 bridgehead atoms. The van der Waals surface area contributed by atoms with Gasteiger partial charge in [0.15, 0.2) is 0 Å². The lowest BCUT2D eigenvalue weighted by Crippen LogP contribution is -2.46. The van der Waals surface area contributed by atoms with Crippen molar-refractivity contribution in [1.29, 1.82) is 5.26 Å². The van der Waals surface area contributed by atoms with Gasteiger partial charge >= 0.3 is 0 Å². The number of hydrogen-bond donors (Lipinski definition) is 3. The largest absolute Gasteiger partial charge is 0.381 e. The number of nitriles is 1. The van der Waals surface area contributed by atoms with Crippen LogP contribution >= 0.6 is 0 Å². The zero-order chi connectivity index (χ0) is 21.4. The Morgan fingerprint density at radius 1 is 1.23 bits per heavy atom. The zero-order valence-electron chi connectivity index (χ0n) is 17.6. The Bertz CT molecular complexity index is 1130. The fourth-order valence-electron chi connectivity index (χ4n) is 5.22.